The van der Waals surface area contributed by atoms with Crippen molar-refractivity contribution >= 4 is 0 Å². The Kier molecular flexibility index (Phi) is 4.16. The van der Waals surface area contributed by atoms with Crippen LogP contribution in [0.1, 0.15) is 51.4 Å². The molecule has 3 heteroatoms. The van der Waals surface area contributed by atoms with Crippen LogP contribution in [0.5, 0.6) is 0 Å². The van der Waals surface area contributed by atoms with Crippen LogP contribution in [0.3, 0.4) is 0 Å². The topological polar surface area (TPSA) is 24.5 Å². The van der Waals surface area contributed by atoms with Crippen LogP contribution in [0.4, 0.5) is 0 Å². The summed E-state index contributed by atoms with van der Waals surface area (Å²) >= 11 is 0. The van der Waals surface area contributed by atoms with Crippen LogP contribution in [0.25, 0.3) is 0 Å². The van der Waals surface area contributed by atoms with Crippen molar-refractivity contribution in [3.05, 3.63) is 0 Å². The molecule has 5 fully saturated rings. The van der Waals surface area contributed by atoms with Gasteiger partial charge >= 0.3 is 0 Å². The van der Waals surface area contributed by atoms with E-state index in [1.54, 1.807) is 19.3 Å². The quantitative estimate of drug-likeness (QED) is 0.862. The summed E-state index contributed by atoms with van der Waals surface area (Å²) in [7, 11) is 0. The summed E-state index contributed by atoms with van der Waals surface area (Å²) in [6.45, 7) is 5.90. The van der Waals surface area contributed by atoms with Crippen LogP contribution in [0, 0.1) is 29.6 Å². The lowest BCUT2D eigenvalue weighted by Gasteiger charge is -2.38. The van der Waals surface area contributed by atoms with E-state index in [0.717, 1.165) is 54.9 Å². The maximum Gasteiger partial charge on any atom is 0.0507 e. The first-order valence-corrected chi connectivity index (χ1v) is 10.4. The molecular weight excluding hydrogens is 284 g/mol. The van der Waals surface area contributed by atoms with Crippen molar-refractivity contribution in [1.82, 2.24) is 10.2 Å². The normalized spacial score (nSPS) is 47.5. The Labute approximate surface area is 141 Å². The molecule has 5 aliphatic rings. The van der Waals surface area contributed by atoms with Crippen LogP contribution in [-0.4, -0.2) is 49.8 Å². The molecule has 0 aromatic carbocycles. The fourth-order valence-electron chi connectivity index (χ4n) is 6.94. The zero-order chi connectivity index (χ0) is 15.2. The number of fused-ring (bicyclic) bond motifs is 5. The van der Waals surface area contributed by atoms with Gasteiger partial charge in [-0.2, -0.15) is 0 Å². The highest BCUT2D eigenvalue weighted by molar-refractivity contribution is 5.06. The smallest absolute Gasteiger partial charge is 0.0507 e. The van der Waals surface area contributed by atoms with Gasteiger partial charge in [0.2, 0.25) is 0 Å². The molecule has 5 rings (SSSR count). The number of nitrogens with zero attached hydrogens (tertiary/aromatic N) is 1. The number of likely N-dealkylation sites (tertiary alicyclic amines) is 1. The molecule has 2 bridgehead atoms. The SMILES string of the molecule is C1C[C@H]2[C@H](C1)[C@@H]1C[C@@H]2[C@@H](NC2CCN(C[C@H]3CCOC3)CC2)C1. The van der Waals surface area contributed by atoms with Crippen molar-refractivity contribution in [3.8, 4) is 0 Å². The Balaban J connectivity index is 1.09. The Morgan fingerprint density at radius 1 is 0.913 bits per heavy atom. The maximum atomic E-state index is 5.53. The minimum Gasteiger partial charge on any atom is -0.381 e. The lowest BCUT2D eigenvalue weighted by atomic mass is 9.78. The number of nitrogens with one attached hydrogen (secondary N) is 1. The Bertz CT molecular complexity index is 414. The minimum atomic E-state index is 0.801. The molecule has 0 aromatic rings. The fourth-order valence-corrected chi connectivity index (χ4v) is 6.94. The van der Waals surface area contributed by atoms with Crippen LogP contribution in [0.15, 0.2) is 0 Å². The van der Waals surface area contributed by atoms with Crippen LogP contribution < -0.4 is 5.32 Å². The number of hydrogen-bond acceptors (Lipinski definition) is 3. The Morgan fingerprint density at radius 2 is 1.78 bits per heavy atom. The fraction of sp³-hybridized carbons (Fsp3) is 1.00. The van der Waals surface area contributed by atoms with Crippen molar-refractivity contribution in [3.63, 3.8) is 0 Å². The average Bonchev–Trinajstić information content (AvgIpc) is 3.31. The van der Waals surface area contributed by atoms with Gasteiger partial charge in [0, 0.05) is 25.2 Å². The van der Waals surface area contributed by atoms with Gasteiger partial charge in [-0.1, -0.05) is 6.42 Å². The van der Waals surface area contributed by atoms with Crippen molar-refractivity contribution in [2.24, 2.45) is 29.6 Å². The molecule has 3 aliphatic carbocycles. The summed E-state index contributed by atoms with van der Waals surface area (Å²) in [6.07, 6.45) is 11.7. The second-order valence-electron chi connectivity index (χ2n) is 9.23. The third-order valence-electron chi connectivity index (χ3n) is 8.01. The van der Waals surface area contributed by atoms with E-state index >= 15 is 0 Å². The van der Waals surface area contributed by atoms with Crippen molar-refractivity contribution in [1.29, 1.82) is 0 Å². The molecule has 1 N–H and O–H groups in total. The summed E-state index contributed by atoms with van der Waals surface area (Å²) in [5.41, 5.74) is 0. The molecule has 23 heavy (non-hydrogen) atoms. The summed E-state index contributed by atoms with van der Waals surface area (Å²) in [5.74, 6) is 5.18. The molecule has 3 saturated carbocycles. The largest absolute Gasteiger partial charge is 0.381 e. The lowest BCUT2D eigenvalue weighted by Crippen LogP contribution is -2.49. The number of ether oxygens (including phenoxy) is 1. The van der Waals surface area contributed by atoms with E-state index in [4.69, 9.17) is 4.74 Å². The first kappa shape index (κ1) is 15.2. The highest BCUT2D eigenvalue weighted by Gasteiger charge is 2.53. The van der Waals surface area contributed by atoms with Crippen molar-refractivity contribution in [2.75, 3.05) is 32.8 Å². The van der Waals surface area contributed by atoms with Gasteiger partial charge in [0.05, 0.1) is 6.61 Å². The van der Waals surface area contributed by atoms with Gasteiger partial charge in [0.15, 0.2) is 0 Å². The predicted molar refractivity (Wildman–Crippen MR) is 92.4 cm³/mol. The van der Waals surface area contributed by atoms with Crippen LogP contribution in [0.2, 0.25) is 0 Å². The van der Waals surface area contributed by atoms with Gasteiger partial charge in [0.25, 0.3) is 0 Å². The molecule has 2 aliphatic heterocycles. The molecule has 0 amide bonds. The van der Waals surface area contributed by atoms with Crippen molar-refractivity contribution in [2.45, 2.75) is 63.5 Å². The molecule has 2 saturated heterocycles. The van der Waals surface area contributed by atoms with Crippen LogP contribution in [-0.2, 0) is 4.74 Å². The average molecular weight is 319 g/mol. The van der Waals surface area contributed by atoms with E-state index in [9.17, 15) is 0 Å². The highest BCUT2D eigenvalue weighted by atomic mass is 16.5. The van der Waals surface area contributed by atoms with E-state index < -0.39 is 0 Å². The van der Waals surface area contributed by atoms with E-state index in [1.165, 1.54) is 51.7 Å². The Hall–Kier alpha value is -0.120. The van der Waals surface area contributed by atoms with Gasteiger partial charge < -0.3 is 15.0 Å². The second kappa shape index (κ2) is 6.31. The summed E-state index contributed by atoms with van der Waals surface area (Å²) in [6, 6.07) is 1.68. The molecule has 130 valence electrons. The molecule has 0 aromatic heterocycles. The number of rotatable bonds is 4. The maximum absolute atomic E-state index is 5.53. The van der Waals surface area contributed by atoms with Crippen LogP contribution >= 0.6 is 0 Å². The van der Waals surface area contributed by atoms with Crippen molar-refractivity contribution < 1.29 is 4.74 Å². The summed E-state index contributed by atoms with van der Waals surface area (Å²) < 4.78 is 5.53. The standard InChI is InChI=1S/C20H34N2O/c1-2-17-15-10-19(18(17)3-1)20(11-15)21-16-4-7-22(8-5-16)12-14-6-9-23-13-14/h14-21H,1-13H2/t14-,15-,17-,18+,19+,20+/m1/s1. The number of hydrogen-bond donors (Lipinski definition) is 1. The summed E-state index contributed by atoms with van der Waals surface area (Å²) in [5, 5.41) is 4.12. The third kappa shape index (κ3) is 2.87. The van der Waals surface area contributed by atoms with E-state index in [1.807, 2.05) is 0 Å². The van der Waals surface area contributed by atoms with Gasteiger partial charge in [-0.25, -0.2) is 0 Å². The molecule has 0 unspecified atom stereocenters. The van der Waals surface area contributed by atoms with E-state index in [-0.39, 0.29) is 0 Å². The van der Waals surface area contributed by atoms with E-state index in [0.29, 0.717) is 0 Å². The highest BCUT2D eigenvalue weighted by Crippen LogP contribution is 2.58. The molecular formula is C20H34N2O. The third-order valence-corrected chi connectivity index (χ3v) is 8.01. The monoisotopic (exact) mass is 318 g/mol. The minimum absolute atomic E-state index is 0.801. The first-order valence-electron chi connectivity index (χ1n) is 10.4. The molecule has 3 nitrogen and oxygen atoms in total. The van der Waals surface area contributed by atoms with Gasteiger partial charge in [-0.05, 0) is 87.6 Å². The molecule has 0 spiro atoms. The van der Waals surface area contributed by atoms with E-state index in [2.05, 4.69) is 10.2 Å². The van der Waals surface area contributed by atoms with Gasteiger partial charge in [-0.3, -0.25) is 0 Å². The Morgan fingerprint density at radius 3 is 2.61 bits per heavy atom. The predicted octanol–water partition coefficient (Wildman–Crippen LogP) is 2.90. The zero-order valence-electron chi connectivity index (χ0n) is 14.6. The lowest BCUT2D eigenvalue weighted by molar-refractivity contribution is 0.134. The van der Waals surface area contributed by atoms with Gasteiger partial charge in [0.1, 0.15) is 0 Å². The molecule has 2 heterocycles. The molecule has 6 atom stereocenters. The molecule has 0 radical (unpaired) electrons. The van der Waals surface area contributed by atoms with Gasteiger partial charge in [-0.15, -0.1) is 0 Å². The number of piperidine rings is 1. The zero-order valence-corrected chi connectivity index (χ0v) is 14.6. The second-order valence-corrected chi connectivity index (χ2v) is 9.23. The summed E-state index contributed by atoms with van der Waals surface area (Å²) in [4.78, 5) is 2.70. The first-order chi connectivity index (χ1) is 11.4.